The topological polar surface area (TPSA) is 154 Å². The summed E-state index contributed by atoms with van der Waals surface area (Å²) >= 11 is 6.22. The van der Waals surface area contributed by atoms with Gasteiger partial charge >= 0.3 is 13.6 Å². The first kappa shape index (κ1) is 31.0. The quantitative estimate of drug-likeness (QED) is 0.199. The lowest BCUT2D eigenvalue weighted by Gasteiger charge is -2.34. The van der Waals surface area contributed by atoms with Crippen molar-refractivity contribution < 1.29 is 42.1 Å². The van der Waals surface area contributed by atoms with Gasteiger partial charge in [0, 0.05) is 6.54 Å². The Morgan fingerprint density at radius 2 is 1.82 bits per heavy atom. The van der Waals surface area contributed by atoms with E-state index in [0.717, 1.165) is 0 Å². The van der Waals surface area contributed by atoms with Gasteiger partial charge in [0.1, 0.15) is 18.3 Å². The molecule has 2 aromatic heterocycles. The molecule has 0 bridgehead atoms. The van der Waals surface area contributed by atoms with Gasteiger partial charge in [-0.1, -0.05) is 0 Å². The number of aromatic nitrogens is 4. The monoisotopic (exact) mass is 605 g/mol. The van der Waals surface area contributed by atoms with E-state index in [0.29, 0.717) is 23.5 Å². The standard InChI is InChI=1S/C24H37ClN5O9P/c1-8-26-18-15-19(29-22(25)28-18)30(13-27-15)20-17-16(38-23(5,6)39-17)14(37-20)12-34-24(7,21(31)33-9-2)40(32,35-10-3)36-11-4/h13-14,16-17,20H,8-12H2,1-7H3,(H,26,28,29)/t14-,16-,17-,20-,24+/m1/s1. The van der Waals surface area contributed by atoms with Crippen LogP contribution in [-0.4, -0.2) is 87.9 Å². The molecule has 2 aliphatic heterocycles. The van der Waals surface area contributed by atoms with Gasteiger partial charge in [0.05, 0.1) is 32.8 Å². The molecule has 2 fully saturated rings. The number of hydrogen-bond donors (Lipinski definition) is 1. The van der Waals surface area contributed by atoms with Crippen molar-refractivity contribution in [1.29, 1.82) is 0 Å². The number of fused-ring (bicyclic) bond motifs is 2. The van der Waals surface area contributed by atoms with Gasteiger partial charge in [0.15, 0.2) is 29.0 Å². The van der Waals surface area contributed by atoms with E-state index in [1.165, 1.54) is 6.92 Å². The number of hydrogen-bond acceptors (Lipinski definition) is 13. The van der Waals surface area contributed by atoms with E-state index in [4.69, 9.17) is 44.3 Å². The number of anilines is 1. The number of rotatable bonds is 13. The second-order valence-corrected chi connectivity index (χ2v) is 12.4. The molecule has 0 aliphatic carbocycles. The molecule has 4 rings (SSSR count). The summed E-state index contributed by atoms with van der Waals surface area (Å²) in [5.74, 6) is -1.33. The molecule has 0 spiro atoms. The first-order chi connectivity index (χ1) is 18.9. The first-order valence-electron chi connectivity index (χ1n) is 13.3. The van der Waals surface area contributed by atoms with E-state index in [-0.39, 0.29) is 31.7 Å². The van der Waals surface area contributed by atoms with Gasteiger partial charge in [-0.25, -0.2) is 9.78 Å². The van der Waals surface area contributed by atoms with E-state index >= 15 is 0 Å². The van der Waals surface area contributed by atoms with Crippen LogP contribution in [0.1, 0.15) is 54.7 Å². The summed E-state index contributed by atoms with van der Waals surface area (Å²) in [6.45, 7) is 12.3. The average Bonchev–Trinajstić information content (AvgIpc) is 3.53. The SMILES string of the molecule is CCNc1nc(Cl)nc2c1ncn2[C@@H]1O[C@H](CO[C@](C)(C(=O)OCC)P(=O)(OCC)OCC)[C@H]2OC(C)(C)O[C@H]21. The van der Waals surface area contributed by atoms with Crippen molar-refractivity contribution >= 4 is 42.1 Å². The third kappa shape index (κ3) is 5.73. The minimum atomic E-state index is -4.13. The summed E-state index contributed by atoms with van der Waals surface area (Å²) in [5.41, 5.74) is 0.941. The number of carbonyl (C=O) groups is 1. The molecule has 0 radical (unpaired) electrons. The number of ether oxygens (including phenoxy) is 5. The Morgan fingerprint density at radius 3 is 2.45 bits per heavy atom. The molecule has 2 aromatic rings. The zero-order chi connectivity index (χ0) is 29.3. The fraction of sp³-hybridized carbons (Fsp3) is 0.750. The molecule has 2 saturated heterocycles. The fourth-order valence-corrected chi connectivity index (χ4v) is 6.70. The normalized spacial score (nSPS) is 25.6. The fourth-order valence-electron chi connectivity index (χ4n) is 4.77. The van der Waals surface area contributed by atoms with Crippen LogP contribution < -0.4 is 5.32 Å². The molecule has 224 valence electrons. The molecular formula is C24H37ClN5O9P. The van der Waals surface area contributed by atoms with Crippen LogP contribution in [0.4, 0.5) is 5.82 Å². The van der Waals surface area contributed by atoms with Crippen molar-refractivity contribution in [2.45, 2.75) is 84.1 Å². The van der Waals surface area contributed by atoms with Gasteiger partial charge < -0.3 is 38.0 Å². The lowest BCUT2D eigenvalue weighted by molar-refractivity contribution is -0.206. The Morgan fingerprint density at radius 1 is 1.15 bits per heavy atom. The number of carbonyl (C=O) groups excluding carboxylic acids is 1. The Bertz CT molecular complexity index is 1250. The molecule has 0 amide bonds. The van der Waals surface area contributed by atoms with Crippen molar-refractivity contribution in [2.75, 3.05) is 38.3 Å². The highest BCUT2D eigenvalue weighted by atomic mass is 35.5. The number of nitrogens with one attached hydrogen (secondary N) is 1. The summed E-state index contributed by atoms with van der Waals surface area (Å²) < 4.78 is 56.5. The van der Waals surface area contributed by atoms with Crippen molar-refractivity contribution in [3.8, 4) is 0 Å². The van der Waals surface area contributed by atoms with Gasteiger partial charge in [-0.3, -0.25) is 9.13 Å². The molecule has 4 heterocycles. The number of halogens is 1. The van der Waals surface area contributed by atoms with Crippen LogP contribution in [0.25, 0.3) is 11.2 Å². The molecule has 1 N–H and O–H groups in total. The maximum absolute atomic E-state index is 13.8. The van der Waals surface area contributed by atoms with Crippen LogP contribution in [0, 0.1) is 0 Å². The minimum absolute atomic E-state index is 0.0282. The van der Waals surface area contributed by atoms with Crippen molar-refractivity contribution in [2.24, 2.45) is 0 Å². The molecule has 0 unspecified atom stereocenters. The van der Waals surface area contributed by atoms with Crippen LogP contribution in [0.2, 0.25) is 5.28 Å². The second kappa shape index (κ2) is 12.1. The van der Waals surface area contributed by atoms with Crippen molar-refractivity contribution in [1.82, 2.24) is 19.5 Å². The zero-order valence-electron chi connectivity index (χ0n) is 23.7. The minimum Gasteiger partial charge on any atom is -0.463 e. The molecular weight excluding hydrogens is 569 g/mol. The maximum Gasteiger partial charge on any atom is 0.373 e. The Balaban J connectivity index is 1.67. The van der Waals surface area contributed by atoms with Crippen LogP contribution in [0.15, 0.2) is 6.33 Å². The van der Waals surface area contributed by atoms with Crippen LogP contribution in [-0.2, 0) is 42.1 Å². The predicted octanol–water partition coefficient (Wildman–Crippen LogP) is 3.89. The zero-order valence-corrected chi connectivity index (χ0v) is 25.4. The van der Waals surface area contributed by atoms with E-state index in [2.05, 4.69) is 20.3 Å². The summed E-state index contributed by atoms with van der Waals surface area (Å²) in [4.78, 5) is 26.2. The van der Waals surface area contributed by atoms with E-state index < -0.39 is 49.2 Å². The number of esters is 1. The van der Waals surface area contributed by atoms with E-state index in [9.17, 15) is 9.36 Å². The third-order valence-corrected chi connectivity index (χ3v) is 9.16. The molecule has 16 heteroatoms. The van der Waals surface area contributed by atoms with Gasteiger partial charge in [-0.2, -0.15) is 9.97 Å². The van der Waals surface area contributed by atoms with E-state index in [1.54, 1.807) is 45.5 Å². The summed E-state index contributed by atoms with van der Waals surface area (Å²) in [7, 11) is -4.13. The maximum atomic E-state index is 13.8. The molecule has 14 nitrogen and oxygen atoms in total. The third-order valence-electron chi connectivity index (χ3n) is 6.44. The Hall–Kier alpha value is -1.90. The molecule has 0 aromatic carbocycles. The summed E-state index contributed by atoms with van der Waals surface area (Å²) in [5, 5.41) is 1.11. The number of imidazole rings is 1. The molecule has 0 saturated carbocycles. The van der Waals surface area contributed by atoms with Crippen LogP contribution >= 0.6 is 19.2 Å². The molecule has 2 aliphatic rings. The lowest BCUT2D eigenvalue weighted by Crippen LogP contribution is -2.44. The summed E-state index contributed by atoms with van der Waals surface area (Å²) in [6, 6.07) is 0. The average molecular weight is 606 g/mol. The van der Waals surface area contributed by atoms with Crippen LogP contribution in [0.5, 0.6) is 0 Å². The second-order valence-electron chi connectivity index (χ2n) is 9.67. The smallest absolute Gasteiger partial charge is 0.373 e. The van der Waals surface area contributed by atoms with Crippen LogP contribution in [0.3, 0.4) is 0 Å². The molecule has 5 atom stereocenters. The Kier molecular flexibility index (Phi) is 9.42. The largest absolute Gasteiger partial charge is 0.463 e. The van der Waals surface area contributed by atoms with Crippen molar-refractivity contribution in [3.63, 3.8) is 0 Å². The highest BCUT2D eigenvalue weighted by Gasteiger charge is 2.60. The highest BCUT2D eigenvalue weighted by molar-refractivity contribution is 7.56. The van der Waals surface area contributed by atoms with Gasteiger partial charge in [-0.05, 0) is 60.1 Å². The van der Waals surface area contributed by atoms with Crippen molar-refractivity contribution in [3.05, 3.63) is 11.6 Å². The Labute approximate surface area is 237 Å². The summed E-state index contributed by atoms with van der Waals surface area (Å²) in [6.07, 6.45) is -1.16. The lowest BCUT2D eigenvalue weighted by atomic mass is 10.1. The predicted molar refractivity (Wildman–Crippen MR) is 144 cm³/mol. The van der Waals surface area contributed by atoms with Gasteiger partial charge in [0.25, 0.3) is 5.34 Å². The number of nitrogens with zero attached hydrogens (tertiary/aromatic N) is 4. The van der Waals surface area contributed by atoms with Gasteiger partial charge in [-0.15, -0.1) is 0 Å². The first-order valence-corrected chi connectivity index (χ1v) is 15.2. The highest BCUT2D eigenvalue weighted by Crippen LogP contribution is 2.61. The van der Waals surface area contributed by atoms with Gasteiger partial charge in [0.2, 0.25) is 5.28 Å². The molecule has 40 heavy (non-hydrogen) atoms. The van der Waals surface area contributed by atoms with E-state index in [1.807, 2.05) is 6.92 Å².